The van der Waals surface area contributed by atoms with Crippen molar-refractivity contribution in [3.05, 3.63) is 46.0 Å². The van der Waals surface area contributed by atoms with Crippen LogP contribution >= 0.6 is 0 Å². The van der Waals surface area contributed by atoms with Gasteiger partial charge in [0.1, 0.15) is 0 Å². The molecular formula is C15H20N2O4. The second kappa shape index (κ2) is 6.99. The van der Waals surface area contributed by atoms with Crippen LogP contribution in [0.15, 0.2) is 30.3 Å². The number of benzene rings is 1. The normalized spacial score (nSPS) is 14.1. The van der Waals surface area contributed by atoms with Crippen LogP contribution in [-0.2, 0) is 4.79 Å². The Bertz CT molecular complexity index is 550. The van der Waals surface area contributed by atoms with E-state index in [1.165, 1.54) is 18.2 Å². The van der Waals surface area contributed by atoms with Crippen LogP contribution in [0, 0.1) is 16.0 Å². The number of nitro groups is 1. The molecule has 6 nitrogen and oxygen atoms in total. The molecule has 0 aliphatic heterocycles. The van der Waals surface area contributed by atoms with E-state index in [0.29, 0.717) is 5.56 Å². The number of rotatable bonds is 6. The molecule has 21 heavy (non-hydrogen) atoms. The van der Waals surface area contributed by atoms with Gasteiger partial charge in [-0.1, -0.05) is 26.0 Å². The molecule has 0 spiro atoms. The monoisotopic (exact) mass is 292 g/mol. The molecule has 1 amide bonds. The number of nitrogens with one attached hydrogen (secondary N) is 1. The van der Waals surface area contributed by atoms with Crippen LogP contribution in [0.5, 0.6) is 0 Å². The number of hydrogen-bond donors (Lipinski definition) is 2. The summed E-state index contributed by atoms with van der Waals surface area (Å²) in [5, 5.41) is 23.4. The fourth-order valence-electron chi connectivity index (χ4n) is 1.49. The number of para-hydroxylation sites is 1. The predicted octanol–water partition coefficient (Wildman–Crippen LogP) is 2.13. The van der Waals surface area contributed by atoms with Gasteiger partial charge < -0.3 is 10.4 Å². The van der Waals surface area contributed by atoms with Crippen molar-refractivity contribution in [1.82, 2.24) is 5.32 Å². The molecule has 0 aliphatic carbocycles. The van der Waals surface area contributed by atoms with E-state index in [0.717, 1.165) is 0 Å². The number of hydrogen-bond acceptors (Lipinski definition) is 4. The summed E-state index contributed by atoms with van der Waals surface area (Å²) in [7, 11) is 0. The summed E-state index contributed by atoms with van der Waals surface area (Å²) in [6.45, 7) is 5.47. The van der Waals surface area contributed by atoms with Gasteiger partial charge in [0, 0.05) is 18.7 Å². The number of carbonyl (C=O) groups excluding carboxylic acids is 1. The lowest BCUT2D eigenvalue weighted by Crippen LogP contribution is -2.43. The Morgan fingerprint density at radius 3 is 2.67 bits per heavy atom. The first kappa shape index (κ1) is 16.8. The molecule has 114 valence electrons. The van der Waals surface area contributed by atoms with E-state index in [9.17, 15) is 20.0 Å². The van der Waals surface area contributed by atoms with E-state index in [-0.39, 0.29) is 18.2 Å². The zero-order valence-electron chi connectivity index (χ0n) is 12.4. The van der Waals surface area contributed by atoms with Crippen molar-refractivity contribution in [3.63, 3.8) is 0 Å². The second-order valence-electron chi connectivity index (χ2n) is 5.38. The lowest BCUT2D eigenvalue weighted by atomic mass is 9.92. The third kappa shape index (κ3) is 5.00. The van der Waals surface area contributed by atoms with Gasteiger partial charge in [-0.3, -0.25) is 14.9 Å². The molecule has 6 heteroatoms. The van der Waals surface area contributed by atoms with E-state index >= 15 is 0 Å². The molecule has 0 unspecified atom stereocenters. The van der Waals surface area contributed by atoms with Crippen molar-refractivity contribution in [1.29, 1.82) is 0 Å². The zero-order chi connectivity index (χ0) is 16.0. The molecular weight excluding hydrogens is 272 g/mol. The molecule has 1 aromatic rings. The minimum Gasteiger partial charge on any atom is -0.388 e. The van der Waals surface area contributed by atoms with Crippen LogP contribution in [-0.4, -0.2) is 28.1 Å². The van der Waals surface area contributed by atoms with Gasteiger partial charge in [0.25, 0.3) is 5.69 Å². The van der Waals surface area contributed by atoms with Gasteiger partial charge in [0.05, 0.1) is 16.1 Å². The molecule has 0 fully saturated rings. The SMILES string of the molecule is CC(C)[C@](C)(O)CNC(=O)/C=C/c1ccccc1[N+](=O)[O-]. The topological polar surface area (TPSA) is 92.5 Å². The Hall–Kier alpha value is -2.21. The van der Waals surface area contributed by atoms with Crippen LogP contribution in [0.1, 0.15) is 26.3 Å². The molecule has 0 aliphatic rings. The van der Waals surface area contributed by atoms with Gasteiger partial charge in [0.15, 0.2) is 0 Å². The molecule has 0 radical (unpaired) electrons. The highest BCUT2D eigenvalue weighted by atomic mass is 16.6. The molecule has 0 saturated heterocycles. The molecule has 1 aromatic carbocycles. The number of aliphatic hydroxyl groups is 1. The first-order chi connectivity index (χ1) is 9.74. The maximum absolute atomic E-state index is 11.7. The van der Waals surface area contributed by atoms with Crippen LogP contribution in [0.4, 0.5) is 5.69 Å². The highest BCUT2D eigenvalue weighted by molar-refractivity contribution is 5.92. The number of carbonyl (C=O) groups is 1. The summed E-state index contributed by atoms with van der Waals surface area (Å²) >= 11 is 0. The fraction of sp³-hybridized carbons (Fsp3) is 0.400. The van der Waals surface area contributed by atoms with Gasteiger partial charge in [-0.25, -0.2) is 0 Å². The quantitative estimate of drug-likeness (QED) is 0.477. The van der Waals surface area contributed by atoms with Crippen LogP contribution in [0.25, 0.3) is 6.08 Å². The van der Waals surface area contributed by atoms with Crippen molar-refractivity contribution in [2.45, 2.75) is 26.4 Å². The minimum atomic E-state index is -0.998. The van der Waals surface area contributed by atoms with Crippen LogP contribution in [0.3, 0.4) is 0 Å². The highest BCUT2D eigenvalue weighted by Gasteiger charge is 2.24. The van der Waals surface area contributed by atoms with E-state index in [1.54, 1.807) is 25.1 Å². The molecule has 0 heterocycles. The second-order valence-corrected chi connectivity index (χ2v) is 5.38. The molecule has 0 aromatic heterocycles. The smallest absolute Gasteiger partial charge is 0.276 e. The van der Waals surface area contributed by atoms with E-state index in [1.807, 2.05) is 13.8 Å². The third-order valence-corrected chi connectivity index (χ3v) is 3.41. The van der Waals surface area contributed by atoms with Gasteiger partial charge >= 0.3 is 0 Å². The molecule has 2 N–H and O–H groups in total. The lowest BCUT2D eigenvalue weighted by Gasteiger charge is -2.27. The Labute approximate surface area is 123 Å². The summed E-state index contributed by atoms with van der Waals surface area (Å²) in [6, 6.07) is 6.16. The standard InChI is InChI=1S/C15H20N2O4/c1-11(2)15(3,19)10-16-14(18)9-8-12-6-4-5-7-13(12)17(20)21/h4-9,11,19H,10H2,1-3H3,(H,16,18)/b9-8+/t15-/m1/s1. The van der Waals surface area contributed by atoms with E-state index in [2.05, 4.69) is 5.32 Å². The first-order valence-corrected chi connectivity index (χ1v) is 6.66. The molecule has 0 bridgehead atoms. The van der Waals surface area contributed by atoms with Crippen LogP contribution in [0.2, 0.25) is 0 Å². The lowest BCUT2D eigenvalue weighted by molar-refractivity contribution is -0.385. The van der Waals surface area contributed by atoms with Crippen molar-refractivity contribution < 1.29 is 14.8 Å². The maximum Gasteiger partial charge on any atom is 0.276 e. The third-order valence-electron chi connectivity index (χ3n) is 3.41. The summed E-state index contributed by atoms with van der Waals surface area (Å²) in [6.07, 6.45) is 2.61. The average Bonchev–Trinajstić information content (AvgIpc) is 2.43. The Morgan fingerprint density at radius 1 is 1.48 bits per heavy atom. The Balaban J connectivity index is 2.70. The highest BCUT2D eigenvalue weighted by Crippen LogP contribution is 2.19. The van der Waals surface area contributed by atoms with Crippen molar-refractivity contribution >= 4 is 17.7 Å². The van der Waals surface area contributed by atoms with Gasteiger partial charge in [-0.05, 0) is 25.0 Å². The summed E-state index contributed by atoms with van der Waals surface area (Å²) in [4.78, 5) is 22.0. The average molecular weight is 292 g/mol. The van der Waals surface area contributed by atoms with Gasteiger partial charge in [0.2, 0.25) is 5.91 Å². The fourth-order valence-corrected chi connectivity index (χ4v) is 1.49. The zero-order valence-corrected chi connectivity index (χ0v) is 12.4. The predicted molar refractivity (Wildman–Crippen MR) is 80.6 cm³/mol. The van der Waals surface area contributed by atoms with Crippen LogP contribution < -0.4 is 5.32 Å². The number of nitrogens with zero attached hydrogens (tertiary/aromatic N) is 1. The first-order valence-electron chi connectivity index (χ1n) is 6.66. The summed E-state index contributed by atoms with van der Waals surface area (Å²) in [5.74, 6) is -0.411. The van der Waals surface area contributed by atoms with Crippen molar-refractivity contribution in [2.24, 2.45) is 5.92 Å². The van der Waals surface area contributed by atoms with Gasteiger partial charge in [-0.2, -0.15) is 0 Å². The van der Waals surface area contributed by atoms with Gasteiger partial charge in [-0.15, -0.1) is 0 Å². The van der Waals surface area contributed by atoms with Crippen molar-refractivity contribution in [3.8, 4) is 0 Å². The Kier molecular flexibility index (Phi) is 5.60. The van der Waals surface area contributed by atoms with Crippen molar-refractivity contribution in [2.75, 3.05) is 6.54 Å². The Morgan fingerprint density at radius 2 is 2.10 bits per heavy atom. The van der Waals surface area contributed by atoms with E-state index < -0.39 is 16.4 Å². The molecule has 1 rings (SSSR count). The van der Waals surface area contributed by atoms with E-state index in [4.69, 9.17) is 0 Å². The summed E-state index contributed by atoms with van der Waals surface area (Å²) < 4.78 is 0. The molecule has 1 atom stereocenters. The minimum absolute atomic E-state index is 0.00279. The summed E-state index contributed by atoms with van der Waals surface area (Å²) in [5.41, 5.74) is -0.702. The largest absolute Gasteiger partial charge is 0.388 e. The maximum atomic E-state index is 11.7. The molecule has 0 saturated carbocycles. The number of amides is 1. The number of nitro benzene ring substituents is 1.